The number of para-hydroxylation sites is 1. The summed E-state index contributed by atoms with van der Waals surface area (Å²) >= 11 is 0. The standard InChI is InChI=1S/C26H25N3O/c1-18(30)22-15-13-20(14-16-22)11-12-21-7-6-8-23(17-21)29(3)26-24-9-4-5-10-25(24)27-19(2)28-26/h4-10,13-17H,11-12H2,1-3H3. The Labute approximate surface area is 177 Å². The molecule has 0 saturated carbocycles. The van der Waals surface area contributed by atoms with Crippen LogP contribution in [0.1, 0.15) is 34.2 Å². The molecule has 1 aromatic heterocycles. The van der Waals surface area contributed by atoms with E-state index < -0.39 is 0 Å². The van der Waals surface area contributed by atoms with Gasteiger partial charge in [0.2, 0.25) is 0 Å². The van der Waals surface area contributed by atoms with Crippen molar-refractivity contribution >= 4 is 28.2 Å². The van der Waals surface area contributed by atoms with Crippen LogP contribution in [-0.2, 0) is 12.8 Å². The molecule has 30 heavy (non-hydrogen) atoms. The van der Waals surface area contributed by atoms with Crippen LogP contribution < -0.4 is 4.90 Å². The topological polar surface area (TPSA) is 46.1 Å². The largest absolute Gasteiger partial charge is 0.329 e. The maximum Gasteiger partial charge on any atom is 0.159 e. The number of fused-ring (bicyclic) bond motifs is 1. The van der Waals surface area contributed by atoms with Crippen LogP contribution in [0.3, 0.4) is 0 Å². The molecular formula is C26H25N3O. The SMILES string of the molecule is CC(=O)c1ccc(CCc2cccc(N(C)c3nc(C)nc4ccccc34)c2)cc1. The lowest BCUT2D eigenvalue weighted by molar-refractivity contribution is 0.101. The van der Waals surface area contributed by atoms with Gasteiger partial charge in [0.1, 0.15) is 11.6 Å². The number of rotatable bonds is 6. The van der Waals surface area contributed by atoms with Gasteiger partial charge in [-0.15, -0.1) is 0 Å². The fourth-order valence-corrected chi connectivity index (χ4v) is 3.67. The van der Waals surface area contributed by atoms with Crippen LogP contribution in [0, 0.1) is 6.92 Å². The molecule has 1 heterocycles. The highest BCUT2D eigenvalue weighted by atomic mass is 16.1. The molecule has 0 bridgehead atoms. The molecule has 4 heteroatoms. The van der Waals surface area contributed by atoms with Gasteiger partial charge in [0.05, 0.1) is 5.52 Å². The van der Waals surface area contributed by atoms with E-state index >= 15 is 0 Å². The molecule has 0 unspecified atom stereocenters. The molecule has 4 nitrogen and oxygen atoms in total. The molecule has 0 fully saturated rings. The van der Waals surface area contributed by atoms with Crippen molar-refractivity contribution in [2.75, 3.05) is 11.9 Å². The molecule has 0 N–H and O–H groups in total. The van der Waals surface area contributed by atoms with Crippen LogP contribution in [0.25, 0.3) is 10.9 Å². The number of hydrogen-bond donors (Lipinski definition) is 0. The Kier molecular flexibility index (Phi) is 5.57. The third kappa shape index (κ3) is 4.23. The Bertz CT molecular complexity index is 1200. The highest BCUT2D eigenvalue weighted by molar-refractivity contribution is 5.94. The van der Waals surface area contributed by atoms with Crippen LogP contribution in [0.15, 0.2) is 72.8 Å². The van der Waals surface area contributed by atoms with Crippen LogP contribution in [0.2, 0.25) is 0 Å². The zero-order valence-corrected chi connectivity index (χ0v) is 17.6. The number of ketones is 1. The summed E-state index contributed by atoms with van der Waals surface area (Å²) in [7, 11) is 2.05. The molecule has 0 saturated heterocycles. The third-order valence-electron chi connectivity index (χ3n) is 5.37. The van der Waals surface area contributed by atoms with Gasteiger partial charge in [-0.2, -0.15) is 0 Å². The molecule has 0 aliphatic carbocycles. The van der Waals surface area contributed by atoms with Crippen molar-refractivity contribution in [2.45, 2.75) is 26.7 Å². The molecule has 0 aliphatic rings. The Morgan fingerprint density at radius 2 is 1.60 bits per heavy atom. The first-order valence-electron chi connectivity index (χ1n) is 10.2. The smallest absolute Gasteiger partial charge is 0.159 e. The van der Waals surface area contributed by atoms with E-state index in [1.165, 1.54) is 11.1 Å². The summed E-state index contributed by atoms with van der Waals surface area (Å²) in [5.41, 5.74) is 5.32. The fraction of sp³-hybridized carbons (Fsp3) is 0.192. The number of Topliss-reactive ketones (excluding diaryl/α,β-unsaturated/α-hetero) is 1. The first-order chi connectivity index (χ1) is 14.5. The molecule has 0 radical (unpaired) electrons. The third-order valence-corrected chi connectivity index (χ3v) is 5.37. The molecular weight excluding hydrogens is 370 g/mol. The van der Waals surface area contributed by atoms with E-state index in [1.807, 2.05) is 56.4 Å². The van der Waals surface area contributed by atoms with Crippen molar-refractivity contribution in [3.63, 3.8) is 0 Å². The van der Waals surface area contributed by atoms with E-state index in [0.29, 0.717) is 0 Å². The van der Waals surface area contributed by atoms with Gasteiger partial charge in [0, 0.05) is 23.7 Å². The van der Waals surface area contributed by atoms with E-state index in [1.54, 1.807) is 6.92 Å². The summed E-state index contributed by atoms with van der Waals surface area (Å²) in [5, 5.41) is 1.04. The van der Waals surface area contributed by atoms with Gasteiger partial charge in [0.15, 0.2) is 5.78 Å². The van der Waals surface area contributed by atoms with Gasteiger partial charge in [-0.05, 0) is 62.1 Å². The van der Waals surface area contributed by atoms with E-state index in [9.17, 15) is 4.79 Å². The van der Waals surface area contributed by atoms with Crippen LogP contribution in [0.4, 0.5) is 11.5 Å². The molecule has 150 valence electrons. The number of aryl methyl sites for hydroxylation is 3. The second-order valence-electron chi connectivity index (χ2n) is 7.59. The molecule has 3 aromatic carbocycles. The predicted molar refractivity (Wildman–Crippen MR) is 123 cm³/mol. The van der Waals surface area contributed by atoms with Crippen molar-refractivity contribution in [3.05, 3.63) is 95.3 Å². The minimum absolute atomic E-state index is 0.102. The van der Waals surface area contributed by atoms with Crippen molar-refractivity contribution in [1.82, 2.24) is 9.97 Å². The number of carbonyl (C=O) groups excluding carboxylic acids is 1. The van der Waals surface area contributed by atoms with Gasteiger partial charge in [0.25, 0.3) is 0 Å². The van der Waals surface area contributed by atoms with Gasteiger partial charge in [-0.1, -0.05) is 48.5 Å². The van der Waals surface area contributed by atoms with Crippen molar-refractivity contribution in [3.8, 4) is 0 Å². The van der Waals surface area contributed by atoms with E-state index in [4.69, 9.17) is 4.98 Å². The molecule has 4 aromatic rings. The van der Waals surface area contributed by atoms with Gasteiger partial charge in [-0.3, -0.25) is 4.79 Å². The fourth-order valence-electron chi connectivity index (χ4n) is 3.67. The van der Waals surface area contributed by atoms with Crippen LogP contribution in [-0.4, -0.2) is 22.8 Å². The average molecular weight is 396 g/mol. The Morgan fingerprint density at radius 3 is 2.37 bits per heavy atom. The molecule has 0 aliphatic heterocycles. The molecule has 0 spiro atoms. The quantitative estimate of drug-likeness (QED) is 0.393. The summed E-state index contributed by atoms with van der Waals surface area (Å²) in [6.45, 7) is 3.52. The highest BCUT2D eigenvalue weighted by Crippen LogP contribution is 2.29. The van der Waals surface area contributed by atoms with E-state index in [0.717, 1.165) is 46.6 Å². The van der Waals surface area contributed by atoms with Gasteiger partial charge in [-0.25, -0.2) is 9.97 Å². The molecule has 4 rings (SSSR count). The normalized spacial score (nSPS) is 10.9. The van der Waals surface area contributed by atoms with Crippen LogP contribution >= 0.6 is 0 Å². The summed E-state index contributed by atoms with van der Waals surface area (Å²) in [5.74, 6) is 1.78. The minimum atomic E-state index is 0.102. The number of benzene rings is 3. The van der Waals surface area contributed by atoms with E-state index in [2.05, 4.69) is 40.2 Å². The number of nitrogens with zero attached hydrogens (tertiary/aromatic N) is 3. The zero-order chi connectivity index (χ0) is 21.1. The monoisotopic (exact) mass is 395 g/mol. The first kappa shape index (κ1) is 19.8. The average Bonchev–Trinajstić information content (AvgIpc) is 2.77. The van der Waals surface area contributed by atoms with Crippen molar-refractivity contribution < 1.29 is 4.79 Å². The molecule has 0 amide bonds. The number of hydrogen-bond acceptors (Lipinski definition) is 4. The Morgan fingerprint density at radius 1 is 0.867 bits per heavy atom. The Hall–Kier alpha value is -3.53. The maximum atomic E-state index is 11.4. The van der Waals surface area contributed by atoms with Crippen molar-refractivity contribution in [1.29, 1.82) is 0 Å². The lowest BCUT2D eigenvalue weighted by atomic mass is 10.0. The van der Waals surface area contributed by atoms with Gasteiger partial charge < -0.3 is 4.90 Å². The highest BCUT2D eigenvalue weighted by Gasteiger charge is 2.12. The van der Waals surface area contributed by atoms with Crippen LogP contribution in [0.5, 0.6) is 0 Å². The summed E-state index contributed by atoms with van der Waals surface area (Å²) in [4.78, 5) is 22.8. The summed E-state index contributed by atoms with van der Waals surface area (Å²) < 4.78 is 0. The minimum Gasteiger partial charge on any atom is -0.329 e. The summed E-state index contributed by atoms with van der Waals surface area (Å²) in [6, 6.07) is 24.6. The second-order valence-corrected chi connectivity index (χ2v) is 7.59. The second kappa shape index (κ2) is 8.46. The van der Waals surface area contributed by atoms with Gasteiger partial charge >= 0.3 is 0 Å². The lowest BCUT2D eigenvalue weighted by Gasteiger charge is -2.21. The van der Waals surface area contributed by atoms with E-state index in [-0.39, 0.29) is 5.78 Å². The predicted octanol–water partition coefficient (Wildman–Crippen LogP) is 5.69. The lowest BCUT2D eigenvalue weighted by Crippen LogP contribution is -2.13. The number of carbonyl (C=O) groups is 1. The number of anilines is 2. The zero-order valence-electron chi connectivity index (χ0n) is 17.6. The number of aromatic nitrogens is 2. The Balaban J connectivity index is 1.55. The molecule has 0 atom stereocenters. The van der Waals surface area contributed by atoms with Crippen molar-refractivity contribution in [2.24, 2.45) is 0 Å². The maximum absolute atomic E-state index is 11.4. The first-order valence-corrected chi connectivity index (χ1v) is 10.2. The summed E-state index contributed by atoms with van der Waals surface area (Å²) in [6.07, 6.45) is 1.87.